The molecule has 0 radical (unpaired) electrons. The SMILES string of the molecule is CC[C@H](Cl)[C@@H](COCc1ccccc1)OC=O. The molecule has 0 fully saturated rings. The second-order valence-electron chi connectivity index (χ2n) is 3.70. The molecule has 0 amide bonds. The molecule has 2 atom stereocenters. The number of alkyl halides is 1. The first kappa shape index (κ1) is 14.0. The van der Waals surface area contributed by atoms with E-state index < -0.39 is 0 Å². The van der Waals surface area contributed by atoms with Crippen LogP contribution in [0.25, 0.3) is 0 Å². The van der Waals surface area contributed by atoms with Gasteiger partial charge in [-0.05, 0) is 12.0 Å². The largest absolute Gasteiger partial charge is 0.461 e. The van der Waals surface area contributed by atoms with Crippen LogP contribution in [0.2, 0.25) is 0 Å². The number of halogens is 1. The molecule has 0 heterocycles. The highest BCUT2D eigenvalue weighted by molar-refractivity contribution is 6.21. The van der Waals surface area contributed by atoms with Crippen LogP contribution in [0.5, 0.6) is 0 Å². The van der Waals surface area contributed by atoms with Crippen LogP contribution in [0.15, 0.2) is 30.3 Å². The quantitative estimate of drug-likeness (QED) is 0.530. The van der Waals surface area contributed by atoms with E-state index in [0.29, 0.717) is 19.7 Å². The van der Waals surface area contributed by atoms with Gasteiger partial charge in [-0.2, -0.15) is 0 Å². The average molecular weight is 257 g/mol. The smallest absolute Gasteiger partial charge is 0.293 e. The number of rotatable bonds is 8. The van der Waals surface area contributed by atoms with E-state index in [1.807, 2.05) is 37.3 Å². The molecule has 0 unspecified atom stereocenters. The van der Waals surface area contributed by atoms with Gasteiger partial charge in [0.05, 0.1) is 18.6 Å². The summed E-state index contributed by atoms with van der Waals surface area (Å²) in [6.45, 7) is 3.17. The molecule has 0 aliphatic carbocycles. The number of hydrogen-bond acceptors (Lipinski definition) is 3. The topological polar surface area (TPSA) is 35.5 Å². The molecule has 0 spiro atoms. The summed E-state index contributed by atoms with van der Waals surface area (Å²) in [5.74, 6) is 0. The Kier molecular flexibility index (Phi) is 6.67. The van der Waals surface area contributed by atoms with Gasteiger partial charge in [-0.3, -0.25) is 4.79 Å². The fraction of sp³-hybridized carbons (Fsp3) is 0.462. The van der Waals surface area contributed by atoms with Crippen LogP contribution in [0.4, 0.5) is 0 Å². The monoisotopic (exact) mass is 256 g/mol. The molecule has 0 aliphatic rings. The molecule has 1 rings (SSSR count). The summed E-state index contributed by atoms with van der Waals surface area (Å²) in [6, 6.07) is 9.82. The lowest BCUT2D eigenvalue weighted by atomic mass is 10.2. The van der Waals surface area contributed by atoms with Gasteiger partial charge in [0.15, 0.2) is 0 Å². The first-order valence-electron chi connectivity index (χ1n) is 5.62. The Morgan fingerprint density at radius 3 is 2.65 bits per heavy atom. The third-order valence-corrected chi connectivity index (χ3v) is 3.01. The van der Waals surface area contributed by atoms with E-state index in [9.17, 15) is 4.79 Å². The predicted octanol–water partition coefficient (Wildman–Crippen LogP) is 2.76. The Morgan fingerprint density at radius 1 is 1.35 bits per heavy atom. The summed E-state index contributed by atoms with van der Waals surface area (Å²) in [5.41, 5.74) is 1.08. The zero-order chi connectivity index (χ0) is 12.5. The highest BCUT2D eigenvalue weighted by Crippen LogP contribution is 2.12. The maximum absolute atomic E-state index is 10.3. The standard InChI is InChI=1S/C13H17ClO3/c1-2-12(14)13(17-10-15)9-16-8-11-6-4-3-5-7-11/h3-7,10,12-13H,2,8-9H2,1H3/t12-,13+/m0/s1. The van der Waals surface area contributed by atoms with Gasteiger partial charge in [-0.15, -0.1) is 11.6 Å². The Balaban J connectivity index is 2.34. The fourth-order valence-electron chi connectivity index (χ4n) is 1.43. The maximum atomic E-state index is 10.3. The van der Waals surface area contributed by atoms with E-state index in [1.54, 1.807) is 0 Å². The third-order valence-electron chi connectivity index (χ3n) is 2.42. The minimum absolute atomic E-state index is 0.212. The molecule has 0 N–H and O–H groups in total. The van der Waals surface area contributed by atoms with Crippen molar-refractivity contribution in [2.24, 2.45) is 0 Å². The fourth-order valence-corrected chi connectivity index (χ4v) is 1.56. The lowest BCUT2D eigenvalue weighted by Gasteiger charge is -2.19. The Bertz CT molecular complexity index is 316. The summed E-state index contributed by atoms with van der Waals surface area (Å²) < 4.78 is 10.4. The van der Waals surface area contributed by atoms with Crippen LogP contribution in [0.3, 0.4) is 0 Å². The maximum Gasteiger partial charge on any atom is 0.293 e. The number of ether oxygens (including phenoxy) is 2. The lowest BCUT2D eigenvalue weighted by molar-refractivity contribution is -0.137. The number of carbonyl (C=O) groups is 1. The summed E-state index contributed by atoms with van der Waals surface area (Å²) >= 11 is 6.03. The van der Waals surface area contributed by atoms with Crippen LogP contribution >= 0.6 is 11.6 Å². The highest BCUT2D eigenvalue weighted by atomic mass is 35.5. The van der Waals surface area contributed by atoms with Gasteiger partial charge in [0, 0.05) is 0 Å². The van der Waals surface area contributed by atoms with Crippen molar-refractivity contribution in [1.29, 1.82) is 0 Å². The first-order valence-corrected chi connectivity index (χ1v) is 6.06. The van der Waals surface area contributed by atoms with Gasteiger partial charge in [-0.25, -0.2) is 0 Å². The molecule has 94 valence electrons. The molecule has 0 saturated heterocycles. The van der Waals surface area contributed by atoms with E-state index in [2.05, 4.69) is 0 Å². The van der Waals surface area contributed by atoms with E-state index in [1.165, 1.54) is 0 Å². The minimum Gasteiger partial charge on any atom is -0.461 e. The van der Waals surface area contributed by atoms with Crippen LogP contribution < -0.4 is 0 Å². The van der Waals surface area contributed by atoms with E-state index in [0.717, 1.165) is 12.0 Å². The van der Waals surface area contributed by atoms with E-state index >= 15 is 0 Å². The average Bonchev–Trinajstić information content (AvgIpc) is 2.38. The predicted molar refractivity (Wildman–Crippen MR) is 67.0 cm³/mol. The summed E-state index contributed by atoms with van der Waals surface area (Å²) in [5, 5.41) is -0.212. The number of hydrogen-bond donors (Lipinski definition) is 0. The molecule has 1 aromatic rings. The van der Waals surface area contributed by atoms with E-state index in [4.69, 9.17) is 21.1 Å². The van der Waals surface area contributed by atoms with Crippen LogP contribution in [0.1, 0.15) is 18.9 Å². The molecule has 1 aromatic carbocycles. The van der Waals surface area contributed by atoms with Gasteiger partial charge < -0.3 is 9.47 Å². The zero-order valence-electron chi connectivity index (χ0n) is 9.84. The van der Waals surface area contributed by atoms with Crippen molar-refractivity contribution in [3.05, 3.63) is 35.9 Å². The van der Waals surface area contributed by atoms with Gasteiger partial charge in [-0.1, -0.05) is 37.3 Å². The molecular weight excluding hydrogens is 240 g/mol. The Labute approximate surface area is 107 Å². The molecule has 3 nitrogen and oxygen atoms in total. The molecule has 4 heteroatoms. The van der Waals surface area contributed by atoms with E-state index in [-0.39, 0.29) is 11.5 Å². The van der Waals surface area contributed by atoms with Gasteiger partial charge in [0.25, 0.3) is 6.47 Å². The Hall–Kier alpha value is -1.06. The molecule has 0 saturated carbocycles. The minimum atomic E-state index is -0.386. The van der Waals surface area contributed by atoms with Crippen molar-refractivity contribution >= 4 is 18.1 Å². The van der Waals surface area contributed by atoms with Crippen molar-refractivity contribution < 1.29 is 14.3 Å². The number of benzene rings is 1. The lowest BCUT2D eigenvalue weighted by Crippen LogP contribution is -2.29. The van der Waals surface area contributed by atoms with Crippen molar-refractivity contribution in [3.63, 3.8) is 0 Å². The molecular formula is C13H17ClO3. The van der Waals surface area contributed by atoms with Crippen molar-refractivity contribution in [1.82, 2.24) is 0 Å². The van der Waals surface area contributed by atoms with Gasteiger partial charge in [0.2, 0.25) is 0 Å². The molecule has 0 aliphatic heterocycles. The molecule has 17 heavy (non-hydrogen) atoms. The zero-order valence-corrected chi connectivity index (χ0v) is 10.6. The van der Waals surface area contributed by atoms with Crippen LogP contribution in [-0.4, -0.2) is 24.6 Å². The molecule has 0 aromatic heterocycles. The summed E-state index contributed by atoms with van der Waals surface area (Å²) in [6.07, 6.45) is 0.345. The normalized spacial score (nSPS) is 14.0. The van der Waals surface area contributed by atoms with Crippen LogP contribution in [-0.2, 0) is 20.9 Å². The third kappa shape index (κ3) is 5.20. The summed E-state index contributed by atoms with van der Waals surface area (Å²) in [7, 11) is 0. The molecule has 0 bridgehead atoms. The second kappa shape index (κ2) is 8.09. The summed E-state index contributed by atoms with van der Waals surface area (Å²) in [4.78, 5) is 10.3. The first-order chi connectivity index (χ1) is 8.27. The van der Waals surface area contributed by atoms with Crippen molar-refractivity contribution in [3.8, 4) is 0 Å². The van der Waals surface area contributed by atoms with Gasteiger partial charge >= 0.3 is 0 Å². The number of carbonyl (C=O) groups excluding carboxylic acids is 1. The van der Waals surface area contributed by atoms with Crippen molar-refractivity contribution in [2.75, 3.05) is 6.61 Å². The second-order valence-corrected chi connectivity index (χ2v) is 4.26. The van der Waals surface area contributed by atoms with Gasteiger partial charge in [0.1, 0.15) is 6.10 Å². The Morgan fingerprint density at radius 2 is 2.06 bits per heavy atom. The van der Waals surface area contributed by atoms with Crippen LogP contribution in [0, 0.1) is 0 Å². The highest BCUT2D eigenvalue weighted by Gasteiger charge is 2.19. The van der Waals surface area contributed by atoms with Crippen molar-refractivity contribution in [2.45, 2.75) is 31.4 Å².